The van der Waals surface area contributed by atoms with Gasteiger partial charge in [-0.1, -0.05) is 0 Å². The Labute approximate surface area is 103 Å². The molecule has 5 heteroatoms. The highest BCUT2D eigenvalue weighted by molar-refractivity contribution is 5.79. The van der Waals surface area contributed by atoms with Crippen LogP contribution in [0.5, 0.6) is 0 Å². The van der Waals surface area contributed by atoms with Crippen molar-refractivity contribution in [3.05, 3.63) is 0 Å². The van der Waals surface area contributed by atoms with E-state index in [4.69, 9.17) is 15.2 Å². The fourth-order valence-corrected chi connectivity index (χ4v) is 1.78. The van der Waals surface area contributed by atoms with Crippen molar-refractivity contribution in [3.8, 4) is 0 Å². The van der Waals surface area contributed by atoms with E-state index < -0.39 is 11.5 Å². The fraction of sp³-hybridized carbons (Fsp3) is 0.917. The summed E-state index contributed by atoms with van der Waals surface area (Å²) in [6.45, 7) is 4.52. The van der Waals surface area contributed by atoms with E-state index in [9.17, 15) is 4.79 Å². The normalized spacial score (nSPS) is 20.9. The molecule has 0 amide bonds. The molecule has 1 heterocycles. The van der Waals surface area contributed by atoms with Crippen LogP contribution in [0, 0.1) is 5.92 Å². The number of esters is 1. The van der Waals surface area contributed by atoms with Crippen LogP contribution >= 0.6 is 0 Å². The van der Waals surface area contributed by atoms with Crippen LogP contribution < -0.4 is 5.73 Å². The molecule has 0 aromatic rings. The minimum absolute atomic E-state index is 0.396. The second-order valence-corrected chi connectivity index (χ2v) is 4.79. The van der Waals surface area contributed by atoms with E-state index in [1.807, 2.05) is 0 Å². The highest BCUT2D eigenvalue weighted by atomic mass is 16.5. The SMILES string of the molecule is COC(=O)C(C)(N)CCOCC1CCOCC1. The number of rotatable bonds is 6. The largest absolute Gasteiger partial charge is 0.468 e. The minimum Gasteiger partial charge on any atom is -0.468 e. The predicted molar refractivity (Wildman–Crippen MR) is 63.6 cm³/mol. The van der Waals surface area contributed by atoms with E-state index in [-0.39, 0.29) is 0 Å². The van der Waals surface area contributed by atoms with Crippen LogP contribution in [0.4, 0.5) is 0 Å². The number of methoxy groups -OCH3 is 1. The number of ether oxygens (including phenoxy) is 3. The second-order valence-electron chi connectivity index (χ2n) is 4.79. The van der Waals surface area contributed by atoms with E-state index in [1.165, 1.54) is 7.11 Å². The van der Waals surface area contributed by atoms with Gasteiger partial charge in [-0.2, -0.15) is 0 Å². The van der Waals surface area contributed by atoms with E-state index in [0.717, 1.165) is 32.7 Å². The molecule has 0 saturated carbocycles. The van der Waals surface area contributed by atoms with E-state index in [0.29, 0.717) is 18.9 Å². The summed E-state index contributed by atoms with van der Waals surface area (Å²) in [6, 6.07) is 0. The Bertz CT molecular complexity index is 237. The van der Waals surface area contributed by atoms with Crippen LogP contribution in [-0.2, 0) is 19.0 Å². The number of hydrogen-bond acceptors (Lipinski definition) is 5. The van der Waals surface area contributed by atoms with Gasteiger partial charge in [0.1, 0.15) is 5.54 Å². The Kier molecular flexibility index (Phi) is 5.88. The van der Waals surface area contributed by atoms with Gasteiger partial charge in [-0.3, -0.25) is 4.79 Å². The number of nitrogens with two attached hydrogens (primary N) is 1. The van der Waals surface area contributed by atoms with Gasteiger partial charge in [0.25, 0.3) is 0 Å². The maximum atomic E-state index is 11.3. The molecule has 1 aliphatic heterocycles. The molecule has 5 nitrogen and oxygen atoms in total. The lowest BCUT2D eigenvalue weighted by molar-refractivity contribution is -0.147. The average Bonchev–Trinajstić information content (AvgIpc) is 2.35. The topological polar surface area (TPSA) is 70.8 Å². The van der Waals surface area contributed by atoms with Gasteiger partial charge in [0.05, 0.1) is 7.11 Å². The zero-order chi connectivity index (χ0) is 12.7. The third kappa shape index (κ3) is 5.02. The molecule has 0 aromatic heterocycles. The van der Waals surface area contributed by atoms with Crippen molar-refractivity contribution in [3.63, 3.8) is 0 Å². The van der Waals surface area contributed by atoms with Gasteiger partial charge in [0.2, 0.25) is 0 Å². The Morgan fingerprint density at radius 2 is 2.12 bits per heavy atom. The number of carbonyl (C=O) groups is 1. The third-order valence-electron chi connectivity index (χ3n) is 3.11. The summed E-state index contributed by atoms with van der Waals surface area (Å²) >= 11 is 0. The Morgan fingerprint density at radius 1 is 1.47 bits per heavy atom. The molecule has 1 atom stereocenters. The minimum atomic E-state index is -0.954. The lowest BCUT2D eigenvalue weighted by atomic mass is 10.00. The molecule has 0 radical (unpaired) electrons. The molecule has 0 spiro atoms. The van der Waals surface area contributed by atoms with Crippen LogP contribution in [0.2, 0.25) is 0 Å². The lowest BCUT2D eigenvalue weighted by Gasteiger charge is -2.24. The van der Waals surface area contributed by atoms with Crippen LogP contribution in [0.15, 0.2) is 0 Å². The molecule has 1 unspecified atom stereocenters. The van der Waals surface area contributed by atoms with Crippen molar-refractivity contribution in [1.82, 2.24) is 0 Å². The van der Waals surface area contributed by atoms with Crippen LogP contribution in [-0.4, -0.2) is 45.0 Å². The quantitative estimate of drug-likeness (QED) is 0.551. The molecule has 0 aromatic carbocycles. The van der Waals surface area contributed by atoms with Crippen molar-refractivity contribution < 1.29 is 19.0 Å². The number of hydrogen-bond donors (Lipinski definition) is 1. The zero-order valence-electron chi connectivity index (χ0n) is 10.7. The van der Waals surface area contributed by atoms with E-state index in [1.54, 1.807) is 6.92 Å². The van der Waals surface area contributed by atoms with Gasteiger partial charge in [-0.25, -0.2) is 0 Å². The molecule has 1 rings (SSSR count). The summed E-state index contributed by atoms with van der Waals surface area (Å²) in [5, 5.41) is 0. The summed E-state index contributed by atoms with van der Waals surface area (Å²) in [6.07, 6.45) is 2.58. The monoisotopic (exact) mass is 245 g/mol. The van der Waals surface area contributed by atoms with Gasteiger partial charge in [0.15, 0.2) is 0 Å². The van der Waals surface area contributed by atoms with E-state index >= 15 is 0 Å². The Balaban J connectivity index is 2.12. The first-order chi connectivity index (χ1) is 8.06. The van der Waals surface area contributed by atoms with E-state index in [2.05, 4.69) is 4.74 Å². The standard InChI is InChI=1S/C12H23NO4/c1-12(13,11(14)15-2)5-8-17-9-10-3-6-16-7-4-10/h10H,3-9,13H2,1-2H3. The summed E-state index contributed by atoms with van der Waals surface area (Å²) in [5.41, 5.74) is 4.86. The first-order valence-corrected chi connectivity index (χ1v) is 6.09. The van der Waals surface area contributed by atoms with Gasteiger partial charge < -0.3 is 19.9 Å². The van der Waals surface area contributed by atoms with Gasteiger partial charge in [0, 0.05) is 26.4 Å². The Morgan fingerprint density at radius 3 is 2.71 bits per heavy atom. The fourth-order valence-electron chi connectivity index (χ4n) is 1.78. The molecule has 100 valence electrons. The average molecular weight is 245 g/mol. The van der Waals surface area contributed by atoms with Crippen molar-refractivity contribution >= 4 is 5.97 Å². The summed E-state index contributed by atoms with van der Waals surface area (Å²) in [4.78, 5) is 11.3. The summed E-state index contributed by atoms with van der Waals surface area (Å²) in [5.74, 6) is 0.179. The molecule has 1 saturated heterocycles. The first-order valence-electron chi connectivity index (χ1n) is 6.09. The number of carbonyl (C=O) groups excluding carboxylic acids is 1. The lowest BCUT2D eigenvalue weighted by Crippen LogP contribution is -2.46. The van der Waals surface area contributed by atoms with Gasteiger partial charge in [-0.05, 0) is 32.1 Å². The summed E-state index contributed by atoms with van der Waals surface area (Å²) in [7, 11) is 1.34. The third-order valence-corrected chi connectivity index (χ3v) is 3.11. The maximum absolute atomic E-state index is 11.3. The molecule has 2 N–H and O–H groups in total. The van der Waals surface area contributed by atoms with Gasteiger partial charge in [-0.15, -0.1) is 0 Å². The zero-order valence-corrected chi connectivity index (χ0v) is 10.7. The maximum Gasteiger partial charge on any atom is 0.325 e. The molecular formula is C12H23NO4. The highest BCUT2D eigenvalue weighted by Gasteiger charge is 2.29. The smallest absolute Gasteiger partial charge is 0.325 e. The van der Waals surface area contributed by atoms with Crippen LogP contribution in [0.1, 0.15) is 26.2 Å². The first kappa shape index (κ1) is 14.4. The Hall–Kier alpha value is -0.650. The van der Waals surface area contributed by atoms with Gasteiger partial charge >= 0.3 is 5.97 Å². The van der Waals surface area contributed by atoms with Crippen molar-refractivity contribution in [1.29, 1.82) is 0 Å². The molecular weight excluding hydrogens is 222 g/mol. The molecule has 0 aliphatic carbocycles. The van der Waals surface area contributed by atoms with Crippen molar-refractivity contribution in [2.24, 2.45) is 11.7 Å². The van der Waals surface area contributed by atoms with Crippen LogP contribution in [0.25, 0.3) is 0 Å². The summed E-state index contributed by atoms with van der Waals surface area (Å²) < 4.78 is 15.5. The molecule has 17 heavy (non-hydrogen) atoms. The van der Waals surface area contributed by atoms with Crippen molar-refractivity contribution in [2.75, 3.05) is 33.5 Å². The predicted octanol–water partition coefficient (Wildman–Crippen LogP) is 0.710. The molecule has 0 bridgehead atoms. The second kappa shape index (κ2) is 6.93. The van der Waals surface area contributed by atoms with Crippen molar-refractivity contribution in [2.45, 2.75) is 31.7 Å². The molecule has 1 aliphatic rings. The molecule has 1 fully saturated rings. The highest BCUT2D eigenvalue weighted by Crippen LogP contribution is 2.15. The van der Waals surface area contributed by atoms with Crippen LogP contribution in [0.3, 0.4) is 0 Å².